The van der Waals surface area contributed by atoms with Crippen molar-refractivity contribution in [3.05, 3.63) is 59.7 Å². The zero-order valence-corrected chi connectivity index (χ0v) is 16.5. The molecule has 0 aliphatic carbocycles. The first-order valence-electron chi connectivity index (χ1n) is 8.75. The number of nitrogen functional groups attached to an aromatic ring is 1. The molecule has 1 amide bonds. The molecule has 3 N–H and O–H groups in total. The molecule has 0 unspecified atom stereocenters. The Morgan fingerprint density at radius 3 is 2.39 bits per heavy atom. The summed E-state index contributed by atoms with van der Waals surface area (Å²) in [6.45, 7) is 3.52. The van der Waals surface area contributed by atoms with Crippen molar-refractivity contribution in [1.82, 2.24) is 14.9 Å². The monoisotopic (exact) mass is 395 g/mol. The number of thioether (sulfide) groups is 1. The maximum Gasteiger partial charge on any atom is 0.225 e. The van der Waals surface area contributed by atoms with Gasteiger partial charge in [0, 0.05) is 29.0 Å². The summed E-state index contributed by atoms with van der Waals surface area (Å²) in [5, 5.41) is 11.6. The molecule has 0 saturated heterocycles. The van der Waals surface area contributed by atoms with E-state index < -0.39 is 0 Å². The van der Waals surface area contributed by atoms with Crippen molar-refractivity contribution in [3.8, 4) is 11.4 Å². The molecule has 0 bridgehead atoms. The van der Waals surface area contributed by atoms with Crippen molar-refractivity contribution in [2.75, 3.05) is 16.9 Å². The molecule has 0 atom stereocenters. The molecule has 0 radical (unpaired) electrons. The van der Waals surface area contributed by atoms with Crippen molar-refractivity contribution in [2.24, 2.45) is 0 Å². The van der Waals surface area contributed by atoms with Crippen LogP contribution in [0.3, 0.4) is 0 Å². The second-order valence-electron chi connectivity index (χ2n) is 6.32. The first-order chi connectivity index (χ1) is 13.4. The van der Waals surface area contributed by atoms with E-state index in [2.05, 4.69) is 15.5 Å². The Morgan fingerprint density at radius 2 is 1.75 bits per heavy atom. The van der Waals surface area contributed by atoms with Crippen molar-refractivity contribution >= 4 is 29.1 Å². The van der Waals surface area contributed by atoms with Crippen LogP contribution in [0.4, 0.5) is 5.69 Å². The first-order valence-corrected chi connectivity index (χ1v) is 9.74. The van der Waals surface area contributed by atoms with Crippen LogP contribution in [0.2, 0.25) is 0 Å². The van der Waals surface area contributed by atoms with Gasteiger partial charge in [-0.25, -0.2) is 4.68 Å². The average molecular weight is 395 g/mol. The van der Waals surface area contributed by atoms with E-state index in [-0.39, 0.29) is 11.7 Å². The van der Waals surface area contributed by atoms with E-state index >= 15 is 0 Å². The predicted octanol–water partition coefficient (Wildman–Crippen LogP) is 3.29. The molecule has 2 aromatic carbocycles. The SMILES string of the molecule is CC(=O)c1ccc(NC(=O)CCSc2nnc(-c3ccc(C)cc3)n2N)cc1. The normalized spacial score (nSPS) is 10.6. The third-order valence-corrected chi connectivity index (χ3v) is 5.05. The Kier molecular flexibility index (Phi) is 6.10. The zero-order chi connectivity index (χ0) is 20.1. The van der Waals surface area contributed by atoms with Crippen molar-refractivity contribution in [2.45, 2.75) is 25.4 Å². The van der Waals surface area contributed by atoms with E-state index in [1.54, 1.807) is 24.3 Å². The number of rotatable bonds is 7. The van der Waals surface area contributed by atoms with Crippen LogP contribution in [-0.4, -0.2) is 32.3 Å². The lowest BCUT2D eigenvalue weighted by molar-refractivity contribution is -0.115. The van der Waals surface area contributed by atoms with Crippen LogP contribution < -0.4 is 11.2 Å². The maximum atomic E-state index is 12.1. The first kappa shape index (κ1) is 19.6. The van der Waals surface area contributed by atoms with E-state index in [0.29, 0.717) is 34.4 Å². The van der Waals surface area contributed by atoms with E-state index in [9.17, 15) is 9.59 Å². The summed E-state index contributed by atoms with van der Waals surface area (Å²) < 4.78 is 1.44. The lowest BCUT2D eigenvalue weighted by atomic mass is 10.1. The fourth-order valence-corrected chi connectivity index (χ4v) is 3.32. The van der Waals surface area contributed by atoms with Crippen LogP contribution in [-0.2, 0) is 4.79 Å². The number of nitrogens with zero attached hydrogens (tertiary/aromatic N) is 3. The van der Waals surface area contributed by atoms with Gasteiger partial charge in [-0.1, -0.05) is 41.6 Å². The van der Waals surface area contributed by atoms with Gasteiger partial charge >= 0.3 is 0 Å². The number of nitrogens with two attached hydrogens (primary N) is 1. The molecule has 7 nitrogen and oxygen atoms in total. The highest BCUT2D eigenvalue weighted by Gasteiger charge is 2.13. The summed E-state index contributed by atoms with van der Waals surface area (Å²) in [6.07, 6.45) is 0.297. The van der Waals surface area contributed by atoms with E-state index in [1.165, 1.54) is 23.4 Å². The van der Waals surface area contributed by atoms with Crippen molar-refractivity contribution < 1.29 is 9.59 Å². The van der Waals surface area contributed by atoms with Crippen molar-refractivity contribution in [1.29, 1.82) is 0 Å². The fraction of sp³-hybridized carbons (Fsp3) is 0.200. The highest BCUT2D eigenvalue weighted by atomic mass is 32.2. The molecular weight excluding hydrogens is 374 g/mol. The molecule has 0 spiro atoms. The third-order valence-electron chi connectivity index (χ3n) is 4.11. The molecule has 0 aliphatic rings. The predicted molar refractivity (Wildman–Crippen MR) is 111 cm³/mol. The number of carbonyl (C=O) groups excluding carboxylic acids is 2. The molecule has 3 rings (SSSR count). The average Bonchev–Trinajstić information content (AvgIpc) is 3.03. The van der Waals surface area contributed by atoms with Gasteiger partial charge in [0.2, 0.25) is 11.1 Å². The van der Waals surface area contributed by atoms with E-state index in [0.717, 1.165) is 11.1 Å². The molecule has 3 aromatic rings. The van der Waals surface area contributed by atoms with Crippen LogP contribution >= 0.6 is 11.8 Å². The molecule has 8 heteroatoms. The smallest absolute Gasteiger partial charge is 0.225 e. The summed E-state index contributed by atoms with van der Waals surface area (Å²) in [7, 11) is 0. The quantitative estimate of drug-likeness (QED) is 0.361. The van der Waals surface area contributed by atoms with Gasteiger partial charge in [0.15, 0.2) is 11.6 Å². The fourth-order valence-electron chi connectivity index (χ4n) is 2.52. The number of aromatic nitrogens is 3. The lowest BCUT2D eigenvalue weighted by Gasteiger charge is -2.06. The number of aryl methyl sites for hydroxylation is 1. The van der Waals surface area contributed by atoms with Gasteiger partial charge in [-0.3, -0.25) is 9.59 Å². The van der Waals surface area contributed by atoms with Gasteiger partial charge in [-0.15, -0.1) is 10.2 Å². The number of carbonyl (C=O) groups is 2. The summed E-state index contributed by atoms with van der Waals surface area (Å²) in [6, 6.07) is 14.7. The molecule has 0 fully saturated rings. The standard InChI is InChI=1S/C20H21N5O2S/c1-13-3-5-16(6-4-13)19-23-24-20(25(19)21)28-12-11-18(27)22-17-9-7-15(8-10-17)14(2)26/h3-10H,11-12,21H2,1-2H3,(H,22,27). The number of Topliss-reactive ketones (excluding diaryl/α,β-unsaturated/α-hetero) is 1. The van der Waals surface area contributed by atoms with Crippen LogP contribution in [0.15, 0.2) is 53.7 Å². The van der Waals surface area contributed by atoms with E-state index in [1.807, 2.05) is 31.2 Å². The van der Waals surface area contributed by atoms with Crippen LogP contribution in [0, 0.1) is 6.92 Å². The van der Waals surface area contributed by atoms with Crippen LogP contribution in [0.1, 0.15) is 29.3 Å². The molecule has 1 heterocycles. The van der Waals surface area contributed by atoms with Crippen molar-refractivity contribution in [3.63, 3.8) is 0 Å². The summed E-state index contributed by atoms with van der Waals surface area (Å²) in [5.74, 6) is 7.06. The van der Waals surface area contributed by atoms with Gasteiger partial charge in [0.1, 0.15) is 0 Å². The minimum atomic E-state index is -0.120. The third kappa shape index (κ3) is 4.77. The molecule has 0 saturated carbocycles. The molecule has 0 aliphatic heterocycles. The van der Waals surface area contributed by atoms with Gasteiger partial charge in [-0.2, -0.15) is 0 Å². The second-order valence-corrected chi connectivity index (χ2v) is 7.38. The molecule has 28 heavy (non-hydrogen) atoms. The molecule has 1 aromatic heterocycles. The van der Waals surface area contributed by atoms with Gasteiger partial charge in [0.25, 0.3) is 0 Å². The summed E-state index contributed by atoms with van der Waals surface area (Å²) >= 11 is 1.37. The minimum Gasteiger partial charge on any atom is -0.335 e. The summed E-state index contributed by atoms with van der Waals surface area (Å²) in [4.78, 5) is 23.4. The summed E-state index contributed by atoms with van der Waals surface area (Å²) in [5.41, 5.74) is 3.31. The highest BCUT2D eigenvalue weighted by Crippen LogP contribution is 2.22. The molecular formula is C20H21N5O2S. The Hall–Kier alpha value is -3.13. The van der Waals surface area contributed by atoms with Gasteiger partial charge < -0.3 is 11.2 Å². The minimum absolute atomic E-state index is 0.00909. The van der Waals surface area contributed by atoms with Crippen LogP contribution in [0.5, 0.6) is 0 Å². The van der Waals surface area contributed by atoms with Gasteiger partial charge in [0.05, 0.1) is 0 Å². The molecule has 144 valence electrons. The number of amides is 1. The van der Waals surface area contributed by atoms with Crippen LogP contribution in [0.25, 0.3) is 11.4 Å². The number of ketones is 1. The number of anilines is 1. The Bertz CT molecular complexity index is 981. The number of hydrogen-bond donors (Lipinski definition) is 2. The Morgan fingerprint density at radius 1 is 1.07 bits per heavy atom. The van der Waals surface area contributed by atoms with E-state index in [4.69, 9.17) is 5.84 Å². The topological polar surface area (TPSA) is 103 Å². The Balaban J connectivity index is 1.53. The number of benzene rings is 2. The van der Waals surface area contributed by atoms with Gasteiger partial charge in [-0.05, 0) is 38.1 Å². The zero-order valence-electron chi connectivity index (χ0n) is 15.7. The largest absolute Gasteiger partial charge is 0.335 e. The lowest BCUT2D eigenvalue weighted by Crippen LogP contribution is -2.14. The number of hydrogen-bond acceptors (Lipinski definition) is 6. The Labute approximate surface area is 167 Å². The highest BCUT2D eigenvalue weighted by molar-refractivity contribution is 7.99. The second kappa shape index (κ2) is 8.71. The number of nitrogens with one attached hydrogen (secondary N) is 1. The maximum absolute atomic E-state index is 12.1.